The third kappa shape index (κ3) is 3.31. The lowest BCUT2D eigenvalue weighted by Gasteiger charge is -2.02. The Bertz CT molecular complexity index is 512. The molecule has 0 aliphatic heterocycles. The van der Waals surface area contributed by atoms with Crippen LogP contribution < -0.4 is 5.73 Å². The van der Waals surface area contributed by atoms with Gasteiger partial charge in [0.15, 0.2) is 5.82 Å². The minimum atomic E-state index is -0.171. The predicted molar refractivity (Wildman–Crippen MR) is 70.4 cm³/mol. The number of benzene rings is 1. The number of nitrogens with zero attached hydrogens (tertiary/aromatic N) is 2. The third-order valence-electron chi connectivity index (χ3n) is 2.65. The fourth-order valence-electron chi connectivity index (χ4n) is 1.75. The van der Waals surface area contributed by atoms with Crippen LogP contribution in [0.2, 0.25) is 5.02 Å². The van der Waals surface area contributed by atoms with Crippen molar-refractivity contribution in [3.05, 3.63) is 46.6 Å². The largest absolute Gasteiger partial charge is 0.338 e. The Morgan fingerprint density at radius 1 is 1.44 bits per heavy atom. The van der Waals surface area contributed by atoms with Crippen LogP contribution in [0.5, 0.6) is 0 Å². The first-order valence-electron chi connectivity index (χ1n) is 6.01. The van der Waals surface area contributed by atoms with Crippen LogP contribution >= 0.6 is 11.6 Å². The van der Waals surface area contributed by atoms with E-state index < -0.39 is 0 Å². The molecule has 18 heavy (non-hydrogen) atoms. The summed E-state index contributed by atoms with van der Waals surface area (Å²) in [6.07, 6.45) is 2.44. The van der Waals surface area contributed by atoms with E-state index in [0.717, 1.165) is 18.4 Å². The van der Waals surface area contributed by atoms with Crippen LogP contribution in [0.15, 0.2) is 28.8 Å². The third-order valence-corrected chi connectivity index (χ3v) is 2.89. The van der Waals surface area contributed by atoms with E-state index in [2.05, 4.69) is 17.1 Å². The summed E-state index contributed by atoms with van der Waals surface area (Å²) in [6.45, 7) is 2.07. The van der Waals surface area contributed by atoms with E-state index in [4.69, 9.17) is 21.9 Å². The summed E-state index contributed by atoms with van der Waals surface area (Å²) in [4.78, 5) is 4.31. The number of halogens is 1. The molecule has 2 aromatic rings. The topological polar surface area (TPSA) is 64.9 Å². The van der Waals surface area contributed by atoms with E-state index in [9.17, 15) is 0 Å². The summed E-state index contributed by atoms with van der Waals surface area (Å²) in [5.41, 5.74) is 6.97. The molecule has 0 bridgehead atoms. The molecular formula is C13H16ClN3O. The second-order valence-corrected chi connectivity index (χ2v) is 4.69. The molecule has 1 aromatic carbocycles. The highest BCUT2D eigenvalue weighted by Crippen LogP contribution is 2.16. The number of hydrogen-bond donors (Lipinski definition) is 1. The maximum absolute atomic E-state index is 5.92. The van der Waals surface area contributed by atoms with Gasteiger partial charge < -0.3 is 10.3 Å². The van der Waals surface area contributed by atoms with Crippen molar-refractivity contribution in [2.75, 3.05) is 0 Å². The fourth-order valence-corrected chi connectivity index (χ4v) is 1.97. The van der Waals surface area contributed by atoms with Crippen LogP contribution in [0.1, 0.15) is 43.1 Å². The molecule has 1 atom stereocenters. The van der Waals surface area contributed by atoms with E-state index in [1.54, 1.807) is 0 Å². The molecule has 1 aromatic heterocycles. The van der Waals surface area contributed by atoms with Crippen LogP contribution in [0, 0.1) is 0 Å². The Morgan fingerprint density at radius 2 is 2.28 bits per heavy atom. The first-order valence-corrected chi connectivity index (χ1v) is 6.39. The molecule has 0 radical (unpaired) electrons. The van der Waals surface area contributed by atoms with E-state index in [-0.39, 0.29) is 6.04 Å². The highest BCUT2D eigenvalue weighted by atomic mass is 35.5. The van der Waals surface area contributed by atoms with Gasteiger partial charge >= 0.3 is 0 Å². The van der Waals surface area contributed by atoms with Crippen molar-refractivity contribution in [2.45, 2.75) is 32.2 Å². The van der Waals surface area contributed by atoms with Gasteiger partial charge in [-0.15, -0.1) is 0 Å². The standard InChI is InChI=1S/C13H16ClN3O/c1-2-4-11(15)13-16-12(17-18-13)8-9-5-3-6-10(14)7-9/h3,5-7,11H,2,4,8,15H2,1H3. The average molecular weight is 266 g/mol. The number of nitrogens with two attached hydrogens (primary N) is 1. The minimum absolute atomic E-state index is 0.171. The van der Waals surface area contributed by atoms with Gasteiger partial charge in [0.25, 0.3) is 0 Å². The first-order chi connectivity index (χ1) is 8.69. The molecule has 2 N–H and O–H groups in total. The first kappa shape index (κ1) is 13.1. The molecular weight excluding hydrogens is 250 g/mol. The Balaban J connectivity index is 2.06. The smallest absolute Gasteiger partial charge is 0.243 e. The monoisotopic (exact) mass is 265 g/mol. The summed E-state index contributed by atoms with van der Waals surface area (Å²) < 4.78 is 5.16. The Hall–Kier alpha value is -1.39. The average Bonchev–Trinajstić information content (AvgIpc) is 2.78. The summed E-state index contributed by atoms with van der Waals surface area (Å²) >= 11 is 5.92. The zero-order valence-corrected chi connectivity index (χ0v) is 11.0. The molecule has 0 saturated heterocycles. The van der Waals surface area contributed by atoms with E-state index in [1.807, 2.05) is 24.3 Å². The van der Waals surface area contributed by atoms with Gasteiger partial charge in [-0.1, -0.05) is 42.2 Å². The lowest BCUT2D eigenvalue weighted by Crippen LogP contribution is -2.10. The van der Waals surface area contributed by atoms with Gasteiger partial charge in [-0.2, -0.15) is 4.98 Å². The van der Waals surface area contributed by atoms with Gasteiger partial charge in [0.05, 0.1) is 6.04 Å². The van der Waals surface area contributed by atoms with E-state index >= 15 is 0 Å². The molecule has 96 valence electrons. The van der Waals surface area contributed by atoms with Crippen molar-refractivity contribution in [1.82, 2.24) is 10.1 Å². The van der Waals surface area contributed by atoms with Crippen LogP contribution in [-0.4, -0.2) is 10.1 Å². The normalized spacial score (nSPS) is 12.6. The highest BCUT2D eigenvalue weighted by molar-refractivity contribution is 6.30. The van der Waals surface area contributed by atoms with Crippen molar-refractivity contribution in [1.29, 1.82) is 0 Å². The van der Waals surface area contributed by atoms with Crippen molar-refractivity contribution >= 4 is 11.6 Å². The Morgan fingerprint density at radius 3 is 3.00 bits per heavy atom. The molecule has 1 unspecified atom stereocenters. The Kier molecular flexibility index (Phi) is 4.33. The van der Waals surface area contributed by atoms with E-state index in [1.165, 1.54) is 0 Å². The summed E-state index contributed by atoms with van der Waals surface area (Å²) in [7, 11) is 0. The van der Waals surface area contributed by atoms with Crippen LogP contribution in [0.4, 0.5) is 0 Å². The predicted octanol–water partition coefficient (Wildman–Crippen LogP) is 3.11. The Labute approximate surface area is 111 Å². The number of hydrogen-bond acceptors (Lipinski definition) is 4. The maximum atomic E-state index is 5.92. The lowest BCUT2D eigenvalue weighted by atomic mass is 10.1. The molecule has 0 amide bonds. The molecule has 0 fully saturated rings. The van der Waals surface area contributed by atoms with Crippen molar-refractivity contribution in [3.8, 4) is 0 Å². The molecule has 0 aliphatic rings. The van der Waals surface area contributed by atoms with Crippen molar-refractivity contribution in [3.63, 3.8) is 0 Å². The summed E-state index contributed by atoms with van der Waals surface area (Å²) in [5.74, 6) is 1.15. The van der Waals surface area contributed by atoms with E-state index in [0.29, 0.717) is 23.2 Å². The fraction of sp³-hybridized carbons (Fsp3) is 0.385. The summed E-state index contributed by atoms with van der Waals surface area (Å²) in [6, 6.07) is 7.44. The second-order valence-electron chi connectivity index (χ2n) is 4.25. The molecule has 0 saturated carbocycles. The zero-order chi connectivity index (χ0) is 13.0. The van der Waals surface area contributed by atoms with Gasteiger partial charge in [0.2, 0.25) is 5.89 Å². The summed E-state index contributed by atoms with van der Waals surface area (Å²) in [5, 5.41) is 4.64. The molecule has 0 aliphatic carbocycles. The van der Waals surface area contributed by atoms with Crippen molar-refractivity contribution < 1.29 is 4.52 Å². The minimum Gasteiger partial charge on any atom is -0.338 e. The molecule has 1 heterocycles. The maximum Gasteiger partial charge on any atom is 0.243 e. The van der Waals surface area contributed by atoms with Gasteiger partial charge in [-0.3, -0.25) is 0 Å². The van der Waals surface area contributed by atoms with Gasteiger partial charge in [-0.25, -0.2) is 0 Å². The molecule has 5 heteroatoms. The molecule has 2 rings (SSSR count). The lowest BCUT2D eigenvalue weighted by molar-refractivity contribution is 0.345. The molecule has 0 spiro atoms. The second kappa shape index (κ2) is 5.98. The van der Waals surface area contributed by atoms with Crippen LogP contribution in [0.25, 0.3) is 0 Å². The highest BCUT2D eigenvalue weighted by Gasteiger charge is 2.13. The number of aromatic nitrogens is 2. The number of rotatable bonds is 5. The van der Waals surface area contributed by atoms with Crippen molar-refractivity contribution in [2.24, 2.45) is 5.73 Å². The quantitative estimate of drug-likeness (QED) is 0.902. The molecule has 4 nitrogen and oxygen atoms in total. The van der Waals surface area contributed by atoms with Gasteiger partial charge in [0.1, 0.15) is 0 Å². The van der Waals surface area contributed by atoms with Crippen LogP contribution in [0.3, 0.4) is 0 Å². The van der Waals surface area contributed by atoms with Gasteiger partial charge in [-0.05, 0) is 24.1 Å². The van der Waals surface area contributed by atoms with Crippen LogP contribution in [-0.2, 0) is 6.42 Å². The van der Waals surface area contributed by atoms with Gasteiger partial charge in [0, 0.05) is 11.4 Å². The zero-order valence-electron chi connectivity index (χ0n) is 10.3. The SMILES string of the molecule is CCCC(N)c1nc(Cc2cccc(Cl)c2)no1.